The predicted molar refractivity (Wildman–Crippen MR) is 124 cm³/mol. The number of fused-ring (bicyclic) bond motifs is 2. The molecule has 1 aliphatic rings. The third kappa shape index (κ3) is 3.60. The Labute approximate surface area is 200 Å². The topological polar surface area (TPSA) is 216 Å². The quantitative estimate of drug-likeness (QED) is 0.230. The van der Waals surface area contributed by atoms with Gasteiger partial charge in [-0.25, -0.2) is 9.78 Å². The molecule has 14 heteroatoms. The number of nitrogens with zero attached hydrogens (tertiary/aromatic N) is 5. The first kappa shape index (κ1) is 22.6. The number of hydrogen-bond acceptors (Lipinski definition) is 10. The lowest BCUT2D eigenvalue weighted by Crippen LogP contribution is -2.44. The maximum atomic E-state index is 12.8. The number of carbonyl (C=O) groups excluding carboxylic acids is 2. The smallest absolute Gasteiger partial charge is 0.354 e. The normalized spacial score (nSPS) is 13.1. The molecule has 0 bridgehead atoms. The van der Waals surface area contributed by atoms with E-state index < -0.39 is 34.3 Å². The lowest BCUT2D eigenvalue weighted by molar-refractivity contribution is 0.0686. The molecule has 0 atom stereocenters. The molecule has 0 saturated heterocycles. The van der Waals surface area contributed by atoms with Crippen LogP contribution in [0.2, 0.25) is 0 Å². The Balaban J connectivity index is 1.36. The zero-order valence-corrected chi connectivity index (χ0v) is 18.5. The van der Waals surface area contributed by atoms with Crippen LogP contribution in [0.5, 0.6) is 0 Å². The molecule has 0 saturated carbocycles. The lowest BCUT2D eigenvalue weighted by Gasteiger charge is -2.32. The van der Waals surface area contributed by atoms with E-state index in [0.717, 1.165) is 27.3 Å². The molecular weight excluding hydrogens is 472 g/mol. The number of nitrogen functional groups attached to an aromatic ring is 1. The van der Waals surface area contributed by atoms with Crippen molar-refractivity contribution in [2.75, 3.05) is 17.2 Å². The minimum Gasteiger partial charge on any atom is -0.477 e. The van der Waals surface area contributed by atoms with Gasteiger partial charge in [0.1, 0.15) is 17.1 Å². The molecule has 0 radical (unpaired) electrons. The highest BCUT2D eigenvalue weighted by molar-refractivity contribution is 6.00. The molecule has 3 heterocycles. The van der Waals surface area contributed by atoms with Crippen molar-refractivity contribution in [2.45, 2.75) is 19.5 Å². The number of primary amides is 1. The summed E-state index contributed by atoms with van der Waals surface area (Å²) in [5, 5.41) is 19.3. The minimum atomic E-state index is -1.40. The molecule has 0 fully saturated rings. The molecule has 0 aliphatic carbocycles. The van der Waals surface area contributed by atoms with Gasteiger partial charge in [0.25, 0.3) is 22.7 Å². The Morgan fingerprint density at radius 2 is 1.89 bits per heavy atom. The van der Waals surface area contributed by atoms with Crippen LogP contribution in [-0.4, -0.2) is 49.2 Å². The molecule has 2 amide bonds. The monoisotopic (exact) mass is 490 g/mol. The average Bonchev–Trinajstić information content (AvgIpc) is 3.30. The van der Waals surface area contributed by atoms with Crippen molar-refractivity contribution in [3.05, 3.63) is 78.5 Å². The fourth-order valence-corrected chi connectivity index (χ4v) is 4.20. The second-order valence-electron chi connectivity index (χ2n) is 8.25. The van der Waals surface area contributed by atoms with Crippen LogP contribution < -0.4 is 32.5 Å². The molecule has 4 aromatic rings. The molecule has 36 heavy (non-hydrogen) atoms. The number of anilines is 2. The van der Waals surface area contributed by atoms with Crippen molar-refractivity contribution in [3.63, 3.8) is 0 Å². The molecule has 6 N–H and O–H groups in total. The van der Waals surface area contributed by atoms with Gasteiger partial charge in [0.15, 0.2) is 17.0 Å². The Bertz CT molecular complexity index is 1670. The second kappa shape index (κ2) is 8.26. The van der Waals surface area contributed by atoms with Gasteiger partial charge in [-0.05, 0) is 23.1 Å². The maximum Gasteiger partial charge on any atom is 0.354 e. The largest absolute Gasteiger partial charge is 0.477 e. The SMILES string of the molecule is NC(=O)c1nnn2c(C(=O)O)cc(C(=O)NCc3ccc4c(c3)CN(c3c(N)c(=O)c3=O)CC4)nc12. The fourth-order valence-electron chi connectivity index (χ4n) is 4.20. The van der Waals surface area contributed by atoms with E-state index in [4.69, 9.17) is 11.5 Å². The molecule has 1 aliphatic heterocycles. The summed E-state index contributed by atoms with van der Waals surface area (Å²) >= 11 is 0. The zero-order chi connectivity index (χ0) is 25.7. The Kier molecular flexibility index (Phi) is 5.20. The third-order valence-electron chi connectivity index (χ3n) is 6.03. The first-order chi connectivity index (χ1) is 17.2. The van der Waals surface area contributed by atoms with E-state index in [-0.39, 0.29) is 35.0 Å². The van der Waals surface area contributed by atoms with Crippen molar-refractivity contribution in [1.82, 2.24) is 25.1 Å². The Morgan fingerprint density at radius 1 is 1.11 bits per heavy atom. The van der Waals surface area contributed by atoms with E-state index in [2.05, 4.69) is 20.6 Å². The van der Waals surface area contributed by atoms with E-state index >= 15 is 0 Å². The minimum absolute atomic E-state index is 0.0232. The van der Waals surface area contributed by atoms with E-state index in [1.807, 2.05) is 18.2 Å². The van der Waals surface area contributed by atoms with E-state index in [0.29, 0.717) is 19.5 Å². The molecule has 182 valence electrons. The molecular formula is C22H18N8O6. The first-order valence-electron chi connectivity index (χ1n) is 10.7. The van der Waals surface area contributed by atoms with E-state index in [9.17, 15) is 29.1 Å². The highest BCUT2D eigenvalue weighted by Crippen LogP contribution is 2.26. The zero-order valence-electron chi connectivity index (χ0n) is 18.5. The number of aromatic nitrogens is 4. The molecule has 0 unspecified atom stereocenters. The van der Waals surface area contributed by atoms with Gasteiger partial charge in [-0.3, -0.25) is 19.2 Å². The Hall–Kier alpha value is -5.14. The number of carboxylic acid groups (broad SMARTS) is 1. The number of nitrogens with two attached hydrogens (primary N) is 2. The van der Waals surface area contributed by atoms with Crippen molar-refractivity contribution in [1.29, 1.82) is 0 Å². The van der Waals surface area contributed by atoms with Crippen LogP contribution in [0.15, 0.2) is 33.9 Å². The summed E-state index contributed by atoms with van der Waals surface area (Å²) in [7, 11) is 0. The molecule has 2 aromatic carbocycles. The van der Waals surface area contributed by atoms with Crippen molar-refractivity contribution < 1.29 is 19.5 Å². The highest BCUT2D eigenvalue weighted by atomic mass is 16.4. The van der Waals surface area contributed by atoms with Gasteiger partial charge in [-0.15, -0.1) is 5.10 Å². The van der Waals surface area contributed by atoms with Gasteiger partial charge in [0, 0.05) is 25.7 Å². The average molecular weight is 490 g/mol. The van der Waals surface area contributed by atoms with Crippen LogP contribution in [-0.2, 0) is 19.5 Å². The summed E-state index contributed by atoms with van der Waals surface area (Å²) < 4.78 is 0.817. The predicted octanol–water partition coefficient (Wildman–Crippen LogP) is -1.41. The highest BCUT2D eigenvalue weighted by Gasteiger charge is 2.27. The maximum absolute atomic E-state index is 12.8. The van der Waals surface area contributed by atoms with Crippen molar-refractivity contribution >= 4 is 34.8 Å². The number of benzene rings is 1. The van der Waals surface area contributed by atoms with Crippen LogP contribution in [0.4, 0.5) is 11.4 Å². The summed E-state index contributed by atoms with van der Waals surface area (Å²) in [5.74, 6) is -3.06. The van der Waals surface area contributed by atoms with Crippen molar-refractivity contribution in [2.24, 2.45) is 5.73 Å². The number of rotatable bonds is 6. The number of nitrogens with one attached hydrogen (secondary N) is 1. The van der Waals surface area contributed by atoms with Gasteiger partial charge in [0.05, 0.1) is 0 Å². The standard InChI is InChI=1S/C22H18N8O6/c23-14-16(18(32)17(14)31)29-4-3-10-2-1-9(5-11(10)8-29)7-25-21(34)12-6-13(22(35)36)30-20(26-12)15(19(24)33)27-28-30/h1-2,5-6H,3-4,7-8,23H2,(H2,24,33)(H,25,34)(H,35,36). The molecule has 0 spiro atoms. The van der Waals surface area contributed by atoms with Crippen LogP contribution in [0, 0.1) is 0 Å². The van der Waals surface area contributed by atoms with Crippen LogP contribution in [0.3, 0.4) is 0 Å². The van der Waals surface area contributed by atoms with E-state index in [1.165, 1.54) is 0 Å². The number of aromatic carboxylic acids is 1. The Morgan fingerprint density at radius 3 is 2.58 bits per heavy atom. The summed E-state index contributed by atoms with van der Waals surface area (Å²) in [5.41, 5.74) is 11.3. The van der Waals surface area contributed by atoms with Gasteiger partial charge < -0.3 is 26.8 Å². The number of carboxylic acids is 1. The van der Waals surface area contributed by atoms with E-state index in [1.54, 1.807) is 4.90 Å². The van der Waals surface area contributed by atoms with Gasteiger partial charge in [-0.2, -0.15) is 4.52 Å². The van der Waals surface area contributed by atoms with Gasteiger partial charge >= 0.3 is 5.97 Å². The summed E-state index contributed by atoms with van der Waals surface area (Å²) in [4.78, 5) is 65.2. The summed E-state index contributed by atoms with van der Waals surface area (Å²) in [6, 6.07) is 6.65. The molecule has 2 aromatic heterocycles. The number of carbonyl (C=O) groups is 3. The number of hydrogen-bond donors (Lipinski definition) is 4. The van der Waals surface area contributed by atoms with Gasteiger partial charge in [-0.1, -0.05) is 23.4 Å². The van der Waals surface area contributed by atoms with Crippen LogP contribution >= 0.6 is 0 Å². The van der Waals surface area contributed by atoms with Crippen LogP contribution in [0.25, 0.3) is 5.65 Å². The fraction of sp³-hybridized carbons (Fsp3) is 0.182. The second-order valence-corrected chi connectivity index (χ2v) is 8.25. The summed E-state index contributed by atoms with van der Waals surface area (Å²) in [6.07, 6.45) is 0.656. The van der Waals surface area contributed by atoms with Gasteiger partial charge in [0.2, 0.25) is 0 Å². The van der Waals surface area contributed by atoms with Crippen molar-refractivity contribution in [3.8, 4) is 0 Å². The van der Waals surface area contributed by atoms with Crippen LogP contribution in [0.1, 0.15) is 48.2 Å². The first-order valence-corrected chi connectivity index (χ1v) is 10.7. The lowest BCUT2D eigenvalue weighted by atomic mass is 9.96. The molecule has 14 nitrogen and oxygen atoms in total. The third-order valence-corrected chi connectivity index (χ3v) is 6.03. The molecule has 5 rings (SSSR count). The number of amides is 2. The summed E-state index contributed by atoms with van der Waals surface area (Å²) in [6.45, 7) is 1.02.